The van der Waals surface area contributed by atoms with E-state index in [2.05, 4.69) is 0 Å². The molecule has 0 radical (unpaired) electrons. The maximum Gasteiger partial charge on any atom is 0.335 e. The van der Waals surface area contributed by atoms with Crippen LogP contribution in [0, 0.1) is 6.92 Å². The molecule has 0 aliphatic heterocycles. The summed E-state index contributed by atoms with van der Waals surface area (Å²) in [6.45, 7) is 1.68. The Morgan fingerprint density at radius 3 is 2.47 bits per heavy atom. The van der Waals surface area contributed by atoms with Crippen LogP contribution in [0.4, 0.5) is 0 Å². The summed E-state index contributed by atoms with van der Waals surface area (Å²) in [5, 5.41) is 8.79. The average Bonchev–Trinajstić information content (AvgIpc) is 2.26. The molecule has 0 heterocycles. The van der Waals surface area contributed by atoms with Gasteiger partial charge in [-0.05, 0) is 30.7 Å². The predicted octanol–water partition coefficient (Wildman–Crippen LogP) is 1.16. The van der Waals surface area contributed by atoms with Crippen molar-refractivity contribution >= 4 is 11.9 Å². The maximum absolute atomic E-state index is 11.3. The molecule has 5 nitrogen and oxygen atoms in total. The van der Waals surface area contributed by atoms with Gasteiger partial charge in [-0.2, -0.15) is 0 Å². The fraction of sp³-hybridized carbons (Fsp3) is 0.333. The monoisotopic (exact) mass is 237 g/mol. The number of carbonyl (C=O) groups excluding carboxylic acids is 1. The number of rotatable bonds is 4. The van der Waals surface area contributed by atoms with E-state index in [-0.39, 0.29) is 18.1 Å². The molecule has 0 saturated heterocycles. The first-order valence-electron chi connectivity index (χ1n) is 5.08. The van der Waals surface area contributed by atoms with Crippen molar-refractivity contribution in [1.29, 1.82) is 0 Å². The number of ether oxygens (including phenoxy) is 1. The minimum absolute atomic E-state index is 0.0553. The Morgan fingerprint density at radius 1 is 1.35 bits per heavy atom. The van der Waals surface area contributed by atoms with Crippen molar-refractivity contribution in [2.24, 2.45) is 0 Å². The predicted molar refractivity (Wildman–Crippen MR) is 62.3 cm³/mol. The minimum Gasteiger partial charge on any atom is -0.484 e. The number of benzene rings is 1. The van der Waals surface area contributed by atoms with Crippen LogP contribution in [0.1, 0.15) is 15.9 Å². The van der Waals surface area contributed by atoms with Crippen molar-refractivity contribution in [3.05, 3.63) is 29.3 Å². The summed E-state index contributed by atoms with van der Waals surface area (Å²) < 4.78 is 5.31. The van der Waals surface area contributed by atoms with Gasteiger partial charge in [0.05, 0.1) is 5.56 Å². The molecule has 0 unspecified atom stereocenters. The molecule has 0 atom stereocenters. The summed E-state index contributed by atoms with van der Waals surface area (Å²) in [4.78, 5) is 23.5. The molecular formula is C12H15NO4. The second-order valence-electron chi connectivity index (χ2n) is 3.86. The van der Waals surface area contributed by atoms with Crippen LogP contribution >= 0.6 is 0 Å². The number of likely N-dealkylation sites (N-methyl/N-ethyl adjacent to an activating group) is 1. The molecule has 17 heavy (non-hydrogen) atoms. The molecule has 1 rings (SSSR count). The average molecular weight is 237 g/mol. The standard InChI is InChI=1S/C12H15NO4/c1-8-6-9(12(15)16)4-5-10(8)17-7-11(14)13(2)3/h4-6H,7H2,1-3H3,(H,15,16). The van der Waals surface area contributed by atoms with Crippen LogP contribution in [-0.2, 0) is 4.79 Å². The number of carbonyl (C=O) groups is 2. The Morgan fingerprint density at radius 2 is 2.00 bits per heavy atom. The fourth-order valence-electron chi connectivity index (χ4n) is 1.21. The summed E-state index contributed by atoms with van der Waals surface area (Å²) in [5.74, 6) is -0.610. The lowest BCUT2D eigenvalue weighted by molar-refractivity contribution is -0.130. The van der Waals surface area contributed by atoms with Crippen LogP contribution in [0.15, 0.2) is 18.2 Å². The quantitative estimate of drug-likeness (QED) is 0.853. The van der Waals surface area contributed by atoms with E-state index in [1.54, 1.807) is 27.1 Å². The van der Waals surface area contributed by atoms with E-state index >= 15 is 0 Å². The van der Waals surface area contributed by atoms with Gasteiger partial charge in [0.25, 0.3) is 5.91 Å². The topological polar surface area (TPSA) is 66.8 Å². The third-order valence-corrected chi connectivity index (χ3v) is 2.27. The normalized spacial score (nSPS) is 9.82. The van der Waals surface area contributed by atoms with Crippen molar-refractivity contribution in [2.75, 3.05) is 20.7 Å². The van der Waals surface area contributed by atoms with Gasteiger partial charge in [-0.15, -0.1) is 0 Å². The molecule has 0 aromatic heterocycles. The smallest absolute Gasteiger partial charge is 0.335 e. The maximum atomic E-state index is 11.3. The van der Waals surface area contributed by atoms with Gasteiger partial charge >= 0.3 is 5.97 Å². The zero-order valence-electron chi connectivity index (χ0n) is 10.1. The molecular weight excluding hydrogens is 222 g/mol. The Hall–Kier alpha value is -2.04. The summed E-state index contributed by atoms with van der Waals surface area (Å²) in [5.41, 5.74) is 0.894. The molecule has 0 spiro atoms. The van der Waals surface area contributed by atoms with Crippen LogP contribution in [0.2, 0.25) is 0 Å². The highest BCUT2D eigenvalue weighted by Crippen LogP contribution is 2.19. The molecule has 1 amide bonds. The molecule has 1 N–H and O–H groups in total. The lowest BCUT2D eigenvalue weighted by atomic mass is 10.1. The lowest BCUT2D eigenvalue weighted by Gasteiger charge is -2.12. The minimum atomic E-state index is -0.982. The van der Waals surface area contributed by atoms with Gasteiger partial charge in [0.2, 0.25) is 0 Å². The molecule has 5 heteroatoms. The number of nitrogens with zero attached hydrogens (tertiary/aromatic N) is 1. The van der Waals surface area contributed by atoms with Gasteiger partial charge in [0, 0.05) is 14.1 Å². The van der Waals surface area contributed by atoms with Crippen LogP contribution < -0.4 is 4.74 Å². The summed E-state index contributed by atoms with van der Waals surface area (Å²) >= 11 is 0. The van der Waals surface area contributed by atoms with E-state index in [1.807, 2.05) is 0 Å². The molecule has 0 aliphatic rings. The van der Waals surface area contributed by atoms with Gasteiger partial charge in [-0.3, -0.25) is 4.79 Å². The largest absolute Gasteiger partial charge is 0.484 e. The van der Waals surface area contributed by atoms with E-state index in [0.29, 0.717) is 11.3 Å². The number of hydrogen-bond donors (Lipinski definition) is 1. The summed E-state index contributed by atoms with van der Waals surface area (Å²) in [6, 6.07) is 4.52. The van der Waals surface area contributed by atoms with Crippen molar-refractivity contribution in [1.82, 2.24) is 4.90 Å². The van der Waals surface area contributed by atoms with Crippen LogP contribution in [0.5, 0.6) is 5.75 Å². The molecule has 1 aromatic carbocycles. The Kier molecular flexibility index (Phi) is 4.09. The number of hydrogen-bond acceptors (Lipinski definition) is 3. The van der Waals surface area contributed by atoms with Crippen molar-refractivity contribution in [3.8, 4) is 5.75 Å². The number of aryl methyl sites for hydroxylation is 1. The second kappa shape index (κ2) is 5.34. The number of carboxylic acid groups (broad SMARTS) is 1. The molecule has 0 bridgehead atoms. The Balaban J connectivity index is 2.73. The molecule has 0 saturated carbocycles. The van der Waals surface area contributed by atoms with Crippen molar-refractivity contribution < 1.29 is 19.4 Å². The highest BCUT2D eigenvalue weighted by molar-refractivity contribution is 5.88. The molecule has 0 aliphatic carbocycles. The zero-order valence-corrected chi connectivity index (χ0v) is 10.1. The first-order valence-corrected chi connectivity index (χ1v) is 5.08. The van der Waals surface area contributed by atoms with Gasteiger partial charge in [-0.1, -0.05) is 0 Å². The highest BCUT2D eigenvalue weighted by atomic mass is 16.5. The van der Waals surface area contributed by atoms with E-state index in [1.165, 1.54) is 17.0 Å². The van der Waals surface area contributed by atoms with E-state index in [0.717, 1.165) is 0 Å². The Labute approximate surface area is 99.6 Å². The van der Waals surface area contributed by atoms with Gasteiger partial charge in [-0.25, -0.2) is 4.79 Å². The van der Waals surface area contributed by atoms with E-state index < -0.39 is 5.97 Å². The first kappa shape index (κ1) is 13.0. The van der Waals surface area contributed by atoms with Gasteiger partial charge in [0.1, 0.15) is 5.75 Å². The Bertz CT molecular complexity index is 440. The molecule has 92 valence electrons. The SMILES string of the molecule is Cc1cc(C(=O)O)ccc1OCC(=O)N(C)C. The van der Waals surface area contributed by atoms with Crippen LogP contribution in [0.3, 0.4) is 0 Å². The molecule has 1 aromatic rings. The lowest BCUT2D eigenvalue weighted by Crippen LogP contribution is -2.27. The third kappa shape index (κ3) is 3.48. The number of carboxylic acids is 1. The third-order valence-electron chi connectivity index (χ3n) is 2.27. The number of amides is 1. The van der Waals surface area contributed by atoms with Crippen molar-refractivity contribution in [3.63, 3.8) is 0 Å². The molecule has 0 fully saturated rings. The zero-order chi connectivity index (χ0) is 13.0. The van der Waals surface area contributed by atoms with Crippen LogP contribution in [-0.4, -0.2) is 42.6 Å². The fourth-order valence-corrected chi connectivity index (χ4v) is 1.21. The van der Waals surface area contributed by atoms with E-state index in [9.17, 15) is 9.59 Å². The second-order valence-corrected chi connectivity index (χ2v) is 3.86. The van der Waals surface area contributed by atoms with Gasteiger partial charge in [0.15, 0.2) is 6.61 Å². The number of aromatic carboxylic acids is 1. The van der Waals surface area contributed by atoms with Crippen LogP contribution in [0.25, 0.3) is 0 Å². The van der Waals surface area contributed by atoms with Gasteiger partial charge < -0.3 is 14.7 Å². The first-order chi connectivity index (χ1) is 7.91. The van der Waals surface area contributed by atoms with Crippen molar-refractivity contribution in [2.45, 2.75) is 6.92 Å². The van der Waals surface area contributed by atoms with E-state index in [4.69, 9.17) is 9.84 Å². The summed E-state index contributed by atoms with van der Waals surface area (Å²) in [6.07, 6.45) is 0. The highest BCUT2D eigenvalue weighted by Gasteiger charge is 2.09. The summed E-state index contributed by atoms with van der Waals surface area (Å²) in [7, 11) is 3.29.